The topological polar surface area (TPSA) is 84.9 Å². The van der Waals surface area contributed by atoms with Crippen LogP contribution in [0.15, 0.2) is 12.1 Å². The van der Waals surface area contributed by atoms with Crippen molar-refractivity contribution in [1.82, 2.24) is 5.32 Å². The second kappa shape index (κ2) is 6.84. The molecule has 0 unspecified atom stereocenters. The van der Waals surface area contributed by atoms with E-state index < -0.39 is 5.97 Å². The molecule has 6 nitrogen and oxygen atoms in total. The van der Waals surface area contributed by atoms with Gasteiger partial charge in [0, 0.05) is 18.1 Å². The Balaban J connectivity index is 2.96. The molecule has 0 atom stereocenters. The molecule has 0 aliphatic heterocycles. The lowest BCUT2D eigenvalue weighted by Crippen LogP contribution is -2.20. The third-order valence-corrected chi connectivity index (χ3v) is 2.54. The van der Waals surface area contributed by atoms with Crippen LogP contribution < -0.4 is 14.8 Å². The lowest BCUT2D eigenvalue weighted by molar-refractivity contribution is -0.121. The molecule has 0 aliphatic rings. The van der Waals surface area contributed by atoms with Crippen molar-refractivity contribution in [3.8, 4) is 11.5 Å². The molecule has 0 aliphatic carbocycles. The van der Waals surface area contributed by atoms with Crippen LogP contribution in [-0.4, -0.2) is 37.7 Å². The minimum Gasteiger partial charge on any atom is -0.493 e. The SMILES string of the molecule is CNC(=O)CCOc1c(OC)cc(Cl)cc1C(=O)O. The molecule has 0 bridgehead atoms. The Kier molecular flexibility index (Phi) is 5.44. The maximum absolute atomic E-state index is 11.1. The van der Waals surface area contributed by atoms with Crippen molar-refractivity contribution in [2.24, 2.45) is 0 Å². The Morgan fingerprint density at radius 2 is 2.11 bits per heavy atom. The molecule has 1 amide bonds. The predicted molar refractivity (Wildman–Crippen MR) is 69.1 cm³/mol. The number of rotatable bonds is 6. The van der Waals surface area contributed by atoms with Crippen molar-refractivity contribution in [2.45, 2.75) is 6.42 Å². The Hall–Kier alpha value is -1.95. The molecule has 1 aromatic rings. The van der Waals surface area contributed by atoms with Gasteiger partial charge in [-0.1, -0.05) is 11.6 Å². The normalized spacial score (nSPS) is 9.84. The van der Waals surface area contributed by atoms with Crippen LogP contribution in [0.5, 0.6) is 11.5 Å². The van der Waals surface area contributed by atoms with Gasteiger partial charge in [0.1, 0.15) is 5.56 Å². The van der Waals surface area contributed by atoms with E-state index in [9.17, 15) is 9.59 Å². The number of carbonyl (C=O) groups is 2. The minimum atomic E-state index is -1.18. The van der Waals surface area contributed by atoms with E-state index in [2.05, 4.69) is 5.32 Å². The van der Waals surface area contributed by atoms with Gasteiger partial charge in [-0.15, -0.1) is 0 Å². The smallest absolute Gasteiger partial charge is 0.339 e. The standard InChI is InChI=1S/C12H14ClNO5/c1-14-10(15)3-4-19-11-8(12(16)17)5-7(13)6-9(11)18-2/h5-6H,3-4H2,1-2H3,(H,14,15)(H,16,17). The highest BCUT2D eigenvalue weighted by Gasteiger charge is 2.18. The number of carbonyl (C=O) groups excluding carboxylic acids is 1. The summed E-state index contributed by atoms with van der Waals surface area (Å²) in [7, 11) is 2.89. The number of hydrogen-bond donors (Lipinski definition) is 2. The molecular weight excluding hydrogens is 274 g/mol. The highest BCUT2D eigenvalue weighted by Crippen LogP contribution is 2.34. The summed E-state index contributed by atoms with van der Waals surface area (Å²) < 4.78 is 10.4. The summed E-state index contributed by atoms with van der Waals surface area (Å²) in [4.78, 5) is 22.2. The quantitative estimate of drug-likeness (QED) is 0.829. The van der Waals surface area contributed by atoms with E-state index in [-0.39, 0.29) is 41.0 Å². The fourth-order valence-electron chi connectivity index (χ4n) is 1.40. The number of nitrogens with one attached hydrogen (secondary N) is 1. The predicted octanol–water partition coefficient (Wildman–Crippen LogP) is 1.56. The van der Waals surface area contributed by atoms with Gasteiger partial charge in [-0.2, -0.15) is 0 Å². The van der Waals surface area contributed by atoms with Crippen LogP contribution in [0.4, 0.5) is 0 Å². The molecule has 0 heterocycles. The number of aromatic carboxylic acids is 1. The highest BCUT2D eigenvalue weighted by molar-refractivity contribution is 6.31. The first-order valence-corrected chi connectivity index (χ1v) is 5.81. The molecule has 0 fully saturated rings. The third kappa shape index (κ3) is 4.03. The van der Waals surface area contributed by atoms with Crippen LogP contribution in [0.1, 0.15) is 16.8 Å². The number of amides is 1. The Morgan fingerprint density at radius 1 is 1.42 bits per heavy atom. The number of ether oxygens (including phenoxy) is 2. The number of hydrogen-bond acceptors (Lipinski definition) is 4. The fraction of sp³-hybridized carbons (Fsp3) is 0.333. The fourth-order valence-corrected chi connectivity index (χ4v) is 1.61. The Morgan fingerprint density at radius 3 is 2.63 bits per heavy atom. The maximum atomic E-state index is 11.1. The lowest BCUT2D eigenvalue weighted by Gasteiger charge is -2.13. The first-order chi connectivity index (χ1) is 8.99. The van der Waals surface area contributed by atoms with Gasteiger partial charge >= 0.3 is 5.97 Å². The number of carboxylic acids is 1. The maximum Gasteiger partial charge on any atom is 0.339 e. The molecule has 0 saturated heterocycles. The first kappa shape index (κ1) is 15.1. The van der Waals surface area contributed by atoms with Gasteiger partial charge in [0.25, 0.3) is 0 Å². The van der Waals surface area contributed by atoms with Crippen molar-refractivity contribution in [2.75, 3.05) is 20.8 Å². The van der Waals surface area contributed by atoms with Crippen molar-refractivity contribution in [3.63, 3.8) is 0 Å². The van der Waals surface area contributed by atoms with Gasteiger partial charge in [-0.3, -0.25) is 4.79 Å². The van der Waals surface area contributed by atoms with Gasteiger partial charge in [-0.25, -0.2) is 4.79 Å². The number of carboxylic acid groups (broad SMARTS) is 1. The molecule has 7 heteroatoms. The molecule has 0 aromatic heterocycles. The van der Waals surface area contributed by atoms with Gasteiger partial charge in [0.15, 0.2) is 11.5 Å². The van der Waals surface area contributed by atoms with E-state index in [1.54, 1.807) is 0 Å². The highest BCUT2D eigenvalue weighted by atomic mass is 35.5. The van der Waals surface area contributed by atoms with Gasteiger partial charge in [0.05, 0.1) is 20.1 Å². The average molecular weight is 288 g/mol. The summed E-state index contributed by atoms with van der Waals surface area (Å²) in [6, 6.07) is 2.71. The molecule has 2 N–H and O–H groups in total. The van der Waals surface area contributed by atoms with Crippen molar-refractivity contribution >= 4 is 23.5 Å². The van der Waals surface area contributed by atoms with E-state index in [1.165, 1.54) is 26.3 Å². The minimum absolute atomic E-state index is 0.0396. The summed E-state index contributed by atoms with van der Waals surface area (Å²) in [6.45, 7) is 0.0396. The van der Waals surface area contributed by atoms with Crippen molar-refractivity contribution < 1.29 is 24.2 Å². The second-order valence-corrected chi connectivity index (χ2v) is 4.00. The molecule has 104 valence electrons. The van der Waals surface area contributed by atoms with Crippen LogP contribution in [0.2, 0.25) is 5.02 Å². The largest absolute Gasteiger partial charge is 0.493 e. The van der Waals surface area contributed by atoms with Crippen LogP contribution >= 0.6 is 11.6 Å². The molecule has 1 rings (SSSR count). The van der Waals surface area contributed by atoms with Crippen LogP contribution in [0.3, 0.4) is 0 Å². The summed E-state index contributed by atoms with van der Waals surface area (Å²) >= 11 is 5.79. The summed E-state index contributed by atoms with van der Waals surface area (Å²) in [5.41, 5.74) is -0.110. The van der Waals surface area contributed by atoms with E-state index in [4.69, 9.17) is 26.2 Å². The monoisotopic (exact) mass is 287 g/mol. The molecule has 1 aromatic carbocycles. The lowest BCUT2D eigenvalue weighted by atomic mass is 10.2. The van der Waals surface area contributed by atoms with Crippen LogP contribution in [0.25, 0.3) is 0 Å². The van der Waals surface area contributed by atoms with E-state index in [1.807, 2.05) is 0 Å². The number of benzene rings is 1. The summed E-state index contributed by atoms with van der Waals surface area (Å²) in [6.07, 6.45) is 0.112. The second-order valence-electron chi connectivity index (χ2n) is 3.56. The Labute approximate surface area is 115 Å². The zero-order chi connectivity index (χ0) is 14.4. The van der Waals surface area contributed by atoms with E-state index in [0.29, 0.717) is 0 Å². The zero-order valence-corrected chi connectivity index (χ0v) is 11.3. The van der Waals surface area contributed by atoms with Crippen LogP contribution in [-0.2, 0) is 4.79 Å². The number of halogens is 1. The van der Waals surface area contributed by atoms with Crippen molar-refractivity contribution in [3.05, 3.63) is 22.7 Å². The molecular formula is C12H14ClNO5. The first-order valence-electron chi connectivity index (χ1n) is 5.43. The van der Waals surface area contributed by atoms with Gasteiger partial charge < -0.3 is 19.9 Å². The zero-order valence-electron chi connectivity index (χ0n) is 10.5. The number of methoxy groups -OCH3 is 1. The Bertz CT molecular complexity index is 489. The average Bonchev–Trinajstić information content (AvgIpc) is 2.38. The summed E-state index contributed by atoms with van der Waals surface area (Å²) in [5.74, 6) is -1.12. The molecule has 0 saturated carbocycles. The third-order valence-electron chi connectivity index (χ3n) is 2.32. The molecule has 0 radical (unpaired) electrons. The van der Waals surface area contributed by atoms with Crippen molar-refractivity contribution in [1.29, 1.82) is 0 Å². The van der Waals surface area contributed by atoms with Gasteiger partial charge in [-0.05, 0) is 6.07 Å². The van der Waals surface area contributed by atoms with E-state index >= 15 is 0 Å². The molecule has 19 heavy (non-hydrogen) atoms. The van der Waals surface area contributed by atoms with Gasteiger partial charge in [0.2, 0.25) is 5.91 Å². The van der Waals surface area contributed by atoms with Crippen LogP contribution in [0, 0.1) is 0 Å². The van der Waals surface area contributed by atoms with E-state index in [0.717, 1.165) is 0 Å². The summed E-state index contributed by atoms with van der Waals surface area (Å²) in [5, 5.41) is 11.8. The molecule has 0 spiro atoms.